The van der Waals surface area contributed by atoms with E-state index in [1.165, 1.54) is 6.07 Å². The topological polar surface area (TPSA) is 132 Å². The van der Waals surface area contributed by atoms with Crippen LogP contribution in [0.15, 0.2) is 41.6 Å². The number of nitrogens with zero attached hydrogens (tertiary/aromatic N) is 1. The molecule has 0 saturated heterocycles. The third-order valence-electron chi connectivity index (χ3n) is 3.56. The highest BCUT2D eigenvalue weighted by Crippen LogP contribution is 2.34. The summed E-state index contributed by atoms with van der Waals surface area (Å²) >= 11 is 0. The van der Waals surface area contributed by atoms with Crippen LogP contribution < -0.4 is 15.2 Å². The number of hydrogen-bond acceptors (Lipinski definition) is 6. The van der Waals surface area contributed by atoms with Crippen molar-refractivity contribution in [2.24, 2.45) is 5.14 Å². The maximum absolute atomic E-state index is 12.0. The Labute approximate surface area is 152 Å². The summed E-state index contributed by atoms with van der Waals surface area (Å²) < 4.78 is 29.7. The highest BCUT2D eigenvalue weighted by molar-refractivity contribution is 7.89. The van der Waals surface area contributed by atoms with Crippen LogP contribution in [0.1, 0.15) is 35.7 Å². The Bertz CT molecular complexity index is 869. The second kappa shape index (κ2) is 8.63. The second-order valence-electron chi connectivity index (χ2n) is 5.63. The molecule has 1 aromatic carbocycles. The number of ether oxygens (including phenoxy) is 1. The number of nitrogens with two attached hydrogens (primary N) is 1. The molecule has 0 aliphatic rings. The number of unbranched alkanes of at least 4 members (excludes halogenated alkanes) is 1. The number of aromatic nitrogens is 1. The first-order valence-corrected chi connectivity index (χ1v) is 9.57. The molecule has 9 heteroatoms. The fourth-order valence-electron chi connectivity index (χ4n) is 2.26. The van der Waals surface area contributed by atoms with E-state index in [1.807, 2.05) is 6.92 Å². The lowest BCUT2D eigenvalue weighted by Crippen LogP contribution is -2.17. The molecule has 8 nitrogen and oxygen atoms in total. The highest BCUT2D eigenvalue weighted by atomic mass is 32.2. The molecule has 0 radical (unpaired) electrons. The fraction of sp³-hybridized carbons (Fsp3) is 0.294. The van der Waals surface area contributed by atoms with Crippen molar-refractivity contribution in [2.75, 3.05) is 11.9 Å². The van der Waals surface area contributed by atoms with Crippen LogP contribution in [0.4, 0.5) is 5.69 Å². The summed E-state index contributed by atoms with van der Waals surface area (Å²) in [4.78, 5) is 14.9. The molecule has 0 aliphatic carbocycles. The quantitative estimate of drug-likeness (QED) is 0.569. The van der Waals surface area contributed by atoms with Crippen LogP contribution in [0.5, 0.6) is 5.75 Å². The number of carboxylic acids is 1. The molecule has 0 saturated carbocycles. The first-order valence-electron chi connectivity index (χ1n) is 8.02. The van der Waals surface area contributed by atoms with E-state index >= 15 is 0 Å². The first-order chi connectivity index (χ1) is 12.3. The van der Waals surface area contributed by atoms with Gasteiger partial charge in [-0.05, 0) is 24.6 Å². The lowest BCUT2D eigenvalue weighted by atomic mass is 10.1. The molecule has 140 valence electrons. The monoisotopic (exact) mass is 379 g/mol. The van der Waals surface area contributed by atoms with Gasteiger partial charge in [-0.3, -0.25) is 4.98 Å². The summed E-state index contributed by atoms with van der Waals surface area (Å²) in [6.07, 6.45) is 4.94. The number of benzene rings is 1. The van der Waals surface area contributed by atoms with Gasteiger partial charge in [-0.25, -0.2) is 18.4 Å². The maximum Gasteiger partial charge on any atom is 0.335 e. The number of sulfonamides is 1. The predicted octanol–water partition coefficient (Wildman–Crippen LogP) is 2.22. The van der Waals surface area contributed by atoms with Gasteiger partial charge in [-0.15, -0.1) is 0 Å². The van der Waals surface area contributed by atoms with Crippen molar-refractivity contribution in [1.82, 2.24) is 4.98 Å². The van der Waals surface area contributed by atoms with Gasteiger partial charge >= 0.3 is 5.97 Å². The molecular weight excluding hydrogens is 358 g/mol. The number of anilines is 1. The number of rotatable bonds is 9. The zero-order valence-corrected chi connectivity index (χ0v) is 15.1. The Hall–Kier alpha value is -2.65. The summed E-state index contributed by atoms with van der Waals surface area (Å²) in [6.45, 7) is 2.60. The van der Waals surface area contributed by atoms with Crippen LogP contribution >= 0.6 is 0 Å². The number of aromatic carboxylic acids is 1. The summed E-state index contributed by atoms with van der Waals surface area (Å²) in [5.74, 6) is -1.26. The van der Waals surface area contributed by atoms with E-state index in [1.54, 1.807) is 24.5 Å². The van der Waals surface area contributed by atoms with Gasteiger partial charge in [0.1, 0.15) is 11.5 Å². The molecule has 0 spiro atoms. The van der Waals surface area contributed by atoms with E-state index < -0.39 is 16.0 Å². The van der Waals surface area contributed by atoms with Crippen molar-refractivity contribution in [1.29, 1.82) is 0 Å². The number of primary sulfonamides is 1. The minimum absolute atomic E-state index is 0.00236. The van der Waals surface area contributed by atoms with Crippen LogP contribution in [0, 0.1) is 0 Å². The number of hydrogen-bond donors (Lipinski definition) is 3. The number of carboxylic acid groups (broad SMARTS) is 1. The van der Waals surface area contributed by atoms with Gasteiger partial charge in [0.25, 0.3) is 0 Å². The number of carbonyl (C=O) groups is 1. The van der Waals surface area contributed by atoms with Gasteiger partial charge in [0, 0.05) is 24.5 Å². The van der Waals surface area contributed by atoms with Gasteiger partial charge in [0.2, 0.25) is 10.0 Å². The third kappa shape index (κ3) is 5.17. The molecular formula is C17H21N3O5S. The third-order valence-corrected chi connectivity index (χ3v) is 4.48. The zero-order valence-electron chi connectivity index (χ0n) is 14.3. The van der Waals surface area contributed by atoms with Crippen molar-refractivity contribution < 1.29 is 23.1 Å². The van der Waals surface area contributed by atoms with E-state index in [4.69, 9.17) is 9.88 Å². The fourth-order valence-corrected chi connectivity index (χ4v) is 2.97. The molecule has 0 atom stereocenters. The molecule has 0 bridgehead atoms. The number of pyridine rings is 1. The van der Waals surface area contributed by atoms with Crippen LogP contribution in [-0.4, -0.2) is 31.0 Å². The van der Waals surface area contributed by atoms with Gasteiger partial charge in [-0.2, -0.15) is 0 Å². The van der Waals surface area contributed by atoms with Gasteiger partial charge < -0.3 is 15.2 Å². The minimum Gasteiger partial charge on any atom is -0.485 e. The molecule has 0 aliphatic heterocycles. The molecule has 0 amide bonds. The smallest absolute Gasteiger partial charge is 0.335 e. The Morgan fingerprint density at radius 1 is 1.38 bits per heavy atom. The van der Waals surface area contributed by atoms with Gasteiger partial charge in [0.05, 0.1) is 11.3 Å². The van der Waals surface area contributed by atoms with Crippen LogP contribution in [0.3, 0.4) is 0 Å². The maximum atomic E-state index is 12.0. The molecule has 1 heterocycles. The second-order valence-corrected chi connectivity index (χ2v) is 7.16. The van der Waals surface area contributed by atoms with Crippen LogP contribution in [0.25, 0.3) is 0 Å². The van der Waals surface area contributed by atoms with E-state index in [0.29, 0.717) is 6.54 Å². The average molecular weight is 379 g/mol. The van der Waals surface area contributed by atoms with Gasteiger partial charge in [0.15, 0.2) is 5.75 Å². The zero-order chi connectivity index (χ0) is 19.2. The van der Waals surface area contributed by atoms with Crippen molar-refractivity contribution in [2.45, 2.75) is 31.3 Å². The molecule has 0 unspecified atom stereocenters. The first kappa shape index (κ1) is 19.7. The molecule has 4 N–H and O–H groups in total. The molecule has 2 rings (SSSR count). The molecule has 26 heavy (non-hydrogen) atoms. The van der Waals surface area contributed by atoms with Crippen molar-refractivity contribution in [3.63, 3.8) is 0 Å². The Balaban J connectivity index is 2.47. The van der Waals surface area contributed by atoms with Crippen molar-refractivity contribution in [3.05, 3.63) is 47.8 Å². The minimum atomic E-state index is -4.19. The van der Waals surface area contributed by atoms with Crippen molar-refractivity contribution >= 4 is 21.7 Å². The van der Waals surface area contributed by atoms with Crippen molar-refractivity contribution in [3.8, 4) is 5.75 Å². The standard InChI is InChI=1S/C17H21N3O5S/c1-2-3-7-20-14-8-13(17(21)22)9-15(26(18,23)24)16(14)25-11-12-5-4-6-19-10-12/h4-6,8-10,20H,2-3,7,11H2,1H3,(H,21,22)(H2,18,23,24). The number of nitrogens with one attached hydrogen (secondary N) is 1. The summed E-state index contributed by atoms with van der Waals surface area (Å²) in [5, 5.41) is 17.6. The lowest BCUT2D eigenvalue weighted by Gasteiger charge is -2.17. The molecule has 2 aromatic rings. The normalized spacial score (nSPS) is 11.2. The van der Waals surface area contributed by atoms with E-state index in [9.17, 15) is 18.3 Å². The van der Waals surface area contributed by atoms with E-state index in [0.717, 1.165) is 24.5 Å². The Morgan fingerprint density at radius 2 is 2.15 bits per heavy atom. The average Bonchev–Trinajstić information content (AvgIpc) is 2.60. The van der Waals surface area contributed by atoms with E-state index in [2.05, 4.69) is 10.3 Å². The lowest BCUT2D eigenvalue weighted by molar-refractivity contribution is 0.0696. The van der Waals surface area contributed by atoms with Crippen LogP contribution in [0.2, 0.25) is 0 Å². The predicted molar refractivity (Wildman–Crippen MR) is 96.7 cm³/mol. The summed E-state index contributed by atoms with van der Waals surface area (Å²) in [7, 11) is -4.19. The van der Waals surface area contributed by atoms with Crippen LogP contribution in [-0.2, 0) is 16.6 Å². The highest BCUT2D eigenvalue weighted by Gasteiger charge is 2.23. The largest absolute Gasteiger partial charge is 0.485 e. The molecule has 1 aromatic heterocycles. The van der Waals surface area contributed by atoms with E-state index in [-0.39, 0.29) is 28.5 Å². The summed E-state index contributed by atoms with van der Waals surface area (Å²) in [5.41, 5.74) is 0.808. The SMILES string of the molecule is CCCCNc1cc(C(=O)O)cc(S(N)(=O)=O)c1OCc1cccnc1. The van der Waals surface area contributed by atoms with Gasteiger partial charge in [-0.1, -0.05) is 19.4 Å². The Kier molecular flexibility index (Phi) is 6.53. The Morgan fingerprint density at radius 3 is 2.73 bits per heavy atom. The summed E-state index contributed by atoms with van der Waals surface area (Å²) in [6, 6.07) is 5.85. The molecule has 0 fully saturated rings.